The van der Waals surface area contributed by atoms with Gasteiger partial charge in [0, 0.05) is 57.4 Å². The van der Waals surface area contributed by atoms with Crippen LogP contribution in [0, 0.1) is 6.92 Å². The van der Waals surface area contributed by atoms with Crippen LogP contribution >= 0.6 is 11.6 Å². The number of hydrogen-bond donors (Lipinski definition) is 1. The molecule has 0 saturated carbocycles. The third kappa shape index (κ3) is 5.87. The molecule has 2 aromatic rings. The van der Waals surface area contributed by atoms with Gasteiger partial charge < -0.3 is 19.5 Å². The normalized spacial score (nSPS) is 15.7. The average molecular weight is 406 g/mol. The van der Waals surface area contributed by atoms with Crippen LogP contribution in [0.25, 0.3) is 0 Å². The van der Waals surface area contributed by atoms with Crippen LogP contribution in [0.2, 0.25) is 5.02 Å². The van der Waals surface area contributed by atoms with Crippen LogP contribution in [-0.2, 0) is 6.54 Å². The standard InChI is InChI=1S/C20H28ClN5O2/c1-16-14-17(21)4-5-19(16)27-12-3-7-23-20(22-2)26-10-8-25(9-11-26)15-18-6-13-28-24-18/h4-6,13-14H,3,7-12,15H2,1-2H3,(H,22,23). The molecule has 0 atom stereocenters. The first-order valence-electron chi connectivity index (χ1n) is 9.62. The lowest BCUT2D eigenvalue weighted by Gasteiger charge is -2.36. The maximum atomic E-state index is 5.98. The summed E-state index contributed by atoms with van der Waals surface area (Å²) in [6.07, 6.45) is 2.52. The average Bonchev–Trinajstić information content (AvgIpc) is 3.20. The van der Waals surface area contributed by atoms with Crippen molar-refractivity contribution in [3.05, 3.63) is 46.8 Å². The lowest BCUT2D eigenvalue weighted by molar-refractivity contribution is 0.169. The second-order valence-corrected chi connectivity index (χ2v) is 7.28. The summed E-state index contributed by atoms with van der Waals surface area (Å²) in [7, 11) is 1.83. The van der Waals surface area contributed by atoms with E-state index in [0.29, 0.717) is 6.61 Å². The summed E-state index contributed by atoms with van der Waals surface area (Å²) in [5, 5.41) is 8.16. The second-order valence-electron chi connectivity index (χ2n) is 6.84. The lowest BCUT2D eigenvalue weighted by Crippen LogP contribution is -2.52. The molecule has 28 heavy (non-hydrogen) atoms. The van der Waals surface area contributed by atoms with Crippen molar-refractivity contribution in [2.45, 2.75) is 19.9 Å². The molecule has 1 N–H and O–H groups in total. The molecule has 0 amide bonds. The van der Waals surface area contributed by atoms with Crippen LogP contribution < -0.4 is 10.1 Å². The summed E-state index contributed by atoms with van der Waals surface area (Å²) in [6.45, 7) is 8.15. The topological polar surface area (TPSA) is 66.1 Å². The number of nitrogens with one attached hydrogen (secondary N) is 1. The minimum absolute atomic E-state index is 0.651. The van der Waals surface area contributed by atoms with Gasteiger partial charge in [-0.3, -0.25) is 9.89 Å². The summed E-state index contributed by atoms with van der Waals surface area (Å²) in [6, 6.07) is 7.61. The summed E-state index contributed by atoms with van der Waals surface area (Å²) >= 11 is 5.98. The predicted octanol–water partition coefficient (Wildman–Crippen LogP) is 2.80. The number of rotatable bonds is 7. The Morgan fingerprint density at radius 3 is 2.79 bits per heavy atom. The molecule has 1 aliphatic heterocycles. The third-order valence-corrected chi connectivity index (χ3v) is 4.99. The van der Waals surface area contributed by atoms with Gasteiger partial charge in [-0.15, -0.1) is 0 Å². The highest BCUT2D eigenvalue weighted by molar-refractivity contribution is 6.30. The van der Waals surface area contributed by atoms with Crippen LogP contribution in [-0.4, -0.2) is 67.3 Å². The quantitative estimate of drug-likeness (QED) is 0.434. The van der Waals surface area contributed by atoms with Crippen molar-refractivity contribution in [3.8, 4) is 5.75 Å². The van der Waals surface area contributed by atoms with Gasteiger partial charge in [-0.05, 0) is 37.1 Å². The Kier molecular flexibility index (Phi) is 7.56. The zero-order valence-electron chi connectivity index (χ0n) is 16.5. The number of aliphatic imine (C=N–C) groups is 1. The van der Waals surface area contributed by atoms with Crippen LogP contribution in [0.3, 0.4) is 0 Å². The molecule has 0 radical (unpaired) electrons. The van der Waals surface area contributed by atoms with Crippen molar-refractivity contribution in [2.24, 2.45) is 4.99 Å². The van der Waals surface area contributed by atoms with E-state index in [4.69, 9.17) is 20.9 Å². The van der Waals surface area contributed by atoms with E-state index in [0.717, 1.165) is 73.7 Å². The molecule has 1 aromatic heterocycles. The fourth-order valence-electron chi connectivity index (χ4n) is 3.23. The maximum absolute atomic E-state index is 5.98. The number of nitrogens with zero attached hydrogens (tertiary/aromatic N) is 4. The molecule has 0 unspecified atom stereocenters. The van der Waals surface area contributed by atoms with E-state index in [9.17, 15) is 0 Å². The van der Waals surface area contributed by atoms with Gasteiger partial charge in [0.05, 0.1) is 12.3 Å². The molecule has 1 aromatic carbocycles. The van der Waals surface area contributed by atoms with E-state index in [-0.39, 0.29) is 0 Å². The zero-order valence-corrected chi connectivity index (χ0v) is 17.3. The molecule has 2 heterocycles. The number of guanidine groups is 1. The Balaban J connectivity index is 1.34. The Morgan fingerprint density at radius 1 is 1.29 bits per heavy atom. The van der Waals surface area contributed by atoms with Gasteiger partial charge in [0.2, 0.25) is 0 Å². The minimum Gasteiger partial charge on any atom is -0.493 e. The van der Waals surface area contributed by atoms with E-state index in [1.807, 2.05) is 38.2 Å². The van der Waals surface area contributed by atoms with Gasteiger partial charge in [-0.25, -0.2) is 0 Å². The highest BCUT2D eigenvalue weighted by atomic mass is 35.5. The summed E-state index contributed by atoms with van der Waals surface area (Å²) in [4.78, 5) is 9.10. The van der Waals surface area contributed by atoms with Crippen molar-refractivity contribution in [2.75, 3.05) is 46.4 Å². The molecular weight excluding hydrogens is 378 g/mol. The van der Waals surface area contributed by atoms with Crippen molar-refractivity contribution in [1.29, 1.82) is 0 Å². The Morgan fingerprint density at radius 2 is 2.11 bits per heavy atom. The van der Waals surface area contributed by atoms with Gasteiger partial charge in [0.15, 0.2) is 5.96 Å². The maximum Gasteiger partial charge on any atom is 0.193 e. The van der Waals surface area contributed by atoms with Crippen LogP contribution in [0.1, 0.15) is 17.7 Å². The van der Waals surface area contributed by atoms with Crippen molar-refractivity contribution < 1.29 is 9.26 Å². The molecule has 152 valence electrons. The van der Waals surface area contributed by atoms with Gasteiger partial charge in [-0.1, -0.05) is 16.8 Å². The Labute approximate surface area is 171 Å². The summed E-state index contributed by atoms with van der Waals surface area (Å²) in [5.41, 5.74) is 2.03. The van der Waals surface area contributed by atoms with E-state index >= 15 is 0 Å². The van der Waals surface area contributed by atoms with Gasteiger partial charge in [0.25, 0.3) is 0 Å². The first-order chi connectivity index (χ1) is 13.7. The molecular formula is C20H28ClN5O2. The monoisotopic (exact) mass is 405 g/mol. The predicted molar refractivity (Wildman–Crippen MR) is 111 cm³/mol. The summed E-state index contributed by atoms with van der Waals surface area (Å²) in [5.74, 6) is 1.83. The van der Waals surface area contributed by atoms with Gasteiger partial charge >= 0.3 is 0 Å². The first-order valence-corrected chi connectivity index (χ1v) is 9.99. The van der Waals surface area contributed by atoms with E-state index in [2.05, 4.69) is 25.3 Å². The number of benzene rings is 1. The first kappa shape index (κ1) is 20.5. The molecule has 1 aliphatic rings. The molecule has 8 heteroatoms. The summed E-state index contributed by atoms with van der Waals surface area (Å²) < 4.78 is 10.7. The molecule has 7 nitrogen and oxygen atoms in total. The molecule has 0 spiro atoms. The number of ether oxygens (including phenoxy) is 1. The van der Waals surface area contributed by atoms with Crippen LogP contribution in [0.4, 0.5) is 0 Å². The second kappa shape index (κ2) is 10.3. The van der Waals surface area contributed by atoms with E-state index in [1.54, 1.807) is 6.26 Å². The largest absolute Gasteiger partial charge is 0.493 e. The third-order valence-electron chi connectivity index (χ3n) is 4.76. The SMILES string of the molecule is CN=C(NCCCOc1ccc(Cl)cc1C)N1CCN(Cc2ccon2)CC1. The van der Waals surface area contributed by atoms with Crippen LogP contribution in [0.15, 0.2) is 40.0 Å². The van der Waals surface area contributed by atoms with E-state index in [1.165, 1.54) is 0 Å². The molecule has 1 fully saturated rings. The number of aryl methyl sites for hydroxylation is 1. The number of piperazine rings is 1. The van der Waals surface area contributed by atoms with E-state index < -0.39 is 0 Å². The van der Waals surface area contributed by atoms with Gasteiger partial charge in [-0.2, -0.15) is 0 Å². The Bertz CT molecular complexity index is 758. The molecule has 3 rings (SSSR count). The fraction of sp³-hybridized carbons (Fsp3) is 0.500. The van der Waals surface area contributed by atoms with Crippen molar-refractivity contribution >= 4 is 17.6 Å². The van der Waals surface area contributed by atoms with Crippen molar-refractivity contribution in [1.82, 2.24) is 20.3 Å². The number of aromatic nitrogens is 1. The molecule has 0 aliphatic carbocycles. The zero-order chi connectivity index (χ0) is 19.8. The molecule has 0 bridgehead atoms. The fourth-order valence-corrected chi connectivity index (χ4v) is 3.45. The smallest absolute Gasteiger partial charge is 0.193 e. The number of halogens is 1. The molecule has 1 saturated heterocycles. The highest BCUT2D eigenvalue weighted by Crippen LogP contribution is 2.21. The van der Waals surface area contributed by atoms with Crippen LogP contribution in [0.5, 0.6) is 5.75 Å². The lowest BCUT2D eigenvalue weighted by atomic mass is 10.2. The Hall–Kier alpha value is -2.25. The van der Waals surface area contributed by atoms with Crippen molar-refractivity contribution in [3.63, 3.8) is 0 Å². The number of hydrogen-bond acceptors (Lipinski definition) is 5. The highest BCUT2D eigenvalue weighted by Gasteiger charge is 2.20. The van der Waals surface area contributed by atoms with Gasteiger partial charge in [0.1, 0.15) is 12.0 Å². The minimum atomic E-state index is 0.651.